The molecule has 1 atom stereocenters. The number of rotatable bonds is 6. The van der Waals surface area contributed by atoms with E-state index in [0.29, 0.717) is 29.6 Å². The minimum absolute atomic E-state index is 0.0251. The Hall–Kier alpha value is -2.86. The number of carbonyl (C=O) groups excluding carboxylic acids is 1. The lowest BCUT2D eigenvalue weighted by Crippen LogP contribution is -2.37. The number of fused-ring (bicyclic) bond motifs is 1. The van der Waals surface area contributed by atoms with Crippen LogP contribution < -0.4 is 4.90 Å². The van der Waals surface area contributed by atoms with E-state index in [1.54, 1.807) is 17.9 Å². The van der Waals surface area contributed by atoms with Gasteiger partial charge in [-0.05, 0) is 55.7 Å². The summed E-state index contributed by atoms with van der Waals surface area (Å²) in [5, 5.41) is 0.630. The fraction of sp³-hybridized carbons (Fsp3) is 0.375. The third kappa shape index (κ3) is 4.19. The average molecular weight is 410 g/mol. The van der Waals surface area contributed by atoms with Crippen LogP contribution in [0.25, 0.3) is 11.0 Å². The van der Waals surface area contributed by atoms with Crippen LogP contribution in [0.1, 0.15) is 34.5 Å². The van der Waals surface area contributed by atoms with E-state index in [2.05, 4.69) is 0 Å². The first kappa shape index (κ1) is 20.4. The third-order valence-electron chi connectivity index (χ3n) is 5.65. The largest absolute Gasteiger partial charge is 0.451 e. The lowest BCUT2D eigenvalue weighted by Gasteiger charge is -2.25. The Morgan fingerprint density at radius 2 is 1.93 bits per heavy atom. The number of aryl methyl sites for hydroxylation is 1. The summed E-state index contributed by atoms with van der Waals surface area (Å²) >= 11 is 0. The summed E-state index contributed by atoms with van der Waals surface area (Å²) in [7, 11) is 3.99. The van der Waals surface area contributed by atoms with Crippen LogP contribution in [0, 0.1) is 12.7 Å². The van der Waals surface area contributed by atoms with Crippen molar-refractivity contribution in [1.29, 1.82) is 0 Å². The van der Waals surface area contributed by atoms with E-state index in [9.17, 15) is 9.18 Å². The zero-order chi connectivity index (χ0) is 21.3. The van der Waals surface area contributed by atoms with Crippen molar-refractivity contribution < 1.29 is 18.3 Å². The SMILES string of the molecule is Cc1c(C(=O)N(Cc2ccc(N(C)C)cc2)C[C@@H]2CCCO2)oc2ccc(F)cc12. The molecule has 1 aromatic heterocycles. The molecular formula is C24H27FN2O3. The topological polar surface area (TPSA) is 45.9 Å². The Kier molecular flexibility index (Phi) is 5.77. The van der Waals surface area contributed by atoms with Gasteiger partial charge in [-0.1, -0.05) is 12.1 Å². The van der Waals surface area contributed by atoms with Crippen molar-refractivity contribution in [3.8, 4) is 0 Å². The first-order chi connectivity index (χ1) is 14.4. The van der Waals surface area contributed by atoms with E-state index in [1.165, 1.54) is 12.1 Å². The summed E-state index contributed by atoms with van der Waals surface area (Å²) in [5.41, 5.74) is 3.32. The number of carbonyl (C=O) groups is 1. The highest BCUT2D eigenvalue weighted by Crippen LogP contribution is 2.28. The second-order valence-electron chi connectivity index (χ2n) is 8.08. The Bertz CT molecular complexity index is 1040. The molecule has 4 rings (SSSR count). The van der Waals surface area contributed by atoms with Crippen LogP contribution in [0.15, 0.2) is 46.9 Å². The van der Waals surface area contributed by atoms with E-state index in [1.807, 2.05) is 43.3 Å². The number of benzene rings is 2. The molecule has 1 saturated heterocycles. The Morgan fingerprint density at radius 3 is 2.60 bits per heavy atom. The van der Waals surface area contributed by atoms with Crippen molar-refractivity contribution in [2.24, 2.45) is 0 Å². The van der Waals surface area contributed by atoms with Crippen LogP contribution in [0.3, 0.4) is 0 Å². The van der Waals surface area contributed by atoms with E-state index in [4.69, 9.17) is 9.15 Å². The van der Waals surface area contributed by atoms with Gasteiger partial charge in [-0.3, -0.25) is 4.79 Å². The molecule has 1 aliphatic rings. The lowest BCUT2D eigenvalue weighted by molar-refractivity contribution is 0.0485. The van der Waals surface area contributed by atoms with Gasteiger partial charge in [-0.15, -0.1) is 0 Å². The van der Waals surface area contributed by atoms with E-state index >= 15 is 0 Å². The van der Waals surface area contributed by atoms with Gasteiger partial charge in [0.25, 0.3) is 5.91 Å². The highest BCUT2D eigenvalue weighted by molar-refractivity contribution is 5.99. The van der Waals surface area contributed by atoms with Gasteiger partial charge in [0.2, 0.25) is 0 Å². The van der Waals surface area contributed by atoms with Crippen LogP contribution in [0.5, 0.6) is 0 Å². The summed E-state index contributed by atoms with van der Waals surface area (Å²) in [6, 6.07) is 12.5. The molecule has 0 spiro atoms. The molecule has 3 aromatic rings. The predicted octanol–water partition coefficient (Wildman–Crippen LogP) is 4.77. The predicted molar refractivity (Wildman–Crippen MR) is 115 cm³/mol. The van der Waals surface area contributed by atoms with Crippen LogP contribution >= 0.6 is 0 Å². The van der Waals surface area contributed by atoms with Gasteiger partial charge in [-0.25, -0.2) is 4.39 Å². The maximum atomic E-state index is 13.7. The molecule has 1 amide bonds. The molecule has 1 fully saturated rings. The van der Waals surface area contributed by atoms with Crippen LogP contribution in [0.4, 0.5) is 10.1 Å². The van der Waals surface area contributed by atoms with Crippen molar-refractivity contribution in [3.63, 3.8) is 0 Å². The highest BCUT2D eigenvalue weighted by Gasteiger charge is 2.27. The minimum atomic E-state index is -0.345. The molecule has 2 heterocycles. The minimum Gasteiger partial charge on any atom is -0.451 e. The highest BCUT2D eigenvalue weighted by atomic mass is 19.1. The van der Waals surface area contributed by atoms with Crippen molar-refractivity contribution in [2.45, 2.75) is 32.4 Å². The zero-order valence-electron chi connectivity index (χ0n) is 17.7. The first-order valence-electron chi connectivity index (χ1n) is 10.3. The number of ether oxygens (including phenoxy) is 1. The number of hydrogen-bond acceptors (Lipinski definition) is 4. The summed E-state index contributed by atoms with van der Waals surface area (Å²) in [6.45, 7) is 3.48. The number of nitrogens with zero attached hydrogens (tertiary/aromatic N) is 2. The van der Waals surface area contributed by atoms with Gasteiger partial charge in [0, 0.05) is 50.4 Å². The Balaban J connectivity index is 1.63. The monoisotopic (exact) mass is 410 g/mol. The molecule has 158 valence electrons. The molecule has 2 aromatic carbocycles. The average Bonchev–Trinajstić information content (AvgIpc) is 3.35. The molecule has 1 aliphatic heterocycles. The summed E-state index contributed by atoms with van der Waals surface area (Å²) in [6.07, 6.45) is 1.97. The third-order valence-corrected chi connectivity index (χ3v) is 5.65. The van der Waals surface area contributed by atoms with E-state index in [0.717, 1.165) is 30.7 Å². The molecule has 0 N–H and O–H groups in total. The lowest BCUT2D eigenvalue weighted by atomic mass is 10.1. The van der Waals surface area contributed by atoms with Crippen molar-refractivity contribution in [2.75, 3.05) is 32.1 Å². The molecule has 0 bridgehead atoms. The van der Waals surface area contributed by atoms with Crippen molar-refractivity contribution >= 4 is 22.6 Å². The normalized spacial score (nSPS) is 16.2. The second-order valence-corrected chi connectivity index (χ2v) is 8.08. The molecule has 30 heavy (non-hydrogen) atoms. The van der Waals surface area contributed by atoms with E-state index in [-0.39, 0.29) is 23.6 Å². The number of amides is 1. The first-order valence-corrected chi connectivity index (χ1v) is 10.3. The standard InChI is InChI=1S/C24H27FN2O3/c1-16-21-13-18(25)8-11-22(21)30-23(16)24(28)27(15-20-5-4-12-29-20)14-17-6-9-19(10-7-17)26(2)3/h6-11,13,20H,4-5,12,14-15H2,1-3H3/t20-/m0/s1. The molecule has 5 nitrogen and oxygen atoms in total. The van der Waals surface area contributed by atoms with Gasteiger partial charge in [-0.2, -0.15) is 0 Å². The number of furan rings is 1. The summed E-state index contributed by atoms with van der Waals surface area (Å²) in [5.74, 6) is -0.280. The van der Waals surface area contributed by atoms with Crippen LogP contribution in [-0.4, -0.2) is 44.2 Å². The number of hydrogen-bond donors (Lipinski definition) is 0. The van der Waals surface area contributed by atoms with Crippen LogP contribution in [0.2, 0.25) is 0 Å². The van der Waals surface area contributed by atoms with Crippen molar-refractivity contribution in [1.82, 2.24) is 4.90 Å². The van der Waals surface area contributed by atoms with Gasteiger partial charge in [0.05, 0.1) is 6.10 Å². The number of anilines is 1. The zero-order valence-corrected chi connectivity index (χ0v) is 17.7. The number of halogens is 1. The molecule has 6 heteroatoms. The van der Waals surface area contributed by atoms with Gasteiger partial charge < -0.3 is 19.0 Å². The Morgan fingerprint density at radius 1 is 1.17 bits per heavy atom. The van der Waals surface area contributed by atoms with Crippen LogP contribution in [-0.2, 0) is 11.3 Å². The second kappa shape index (κ2) is 8.48. The summed E-state index contributed by atoms with van der Waals surface area (Å²) in [4.78, 5) is 17.3. The molecule has 0 radical (unpaired) electrons. The van der Waals surface area contributed by atoms with E-state index < -0.39 is 0 Å². The quantitative estimate of drug-likeness (QED) is 0.587. The van der Waals surface area contributed by atoms with Crippen molar-refractivity contribution in [3.05, 3.63) is 65.2 Å². The van der Waals surface area contributed by atoms with Gasteiger partial charge >= 0.3 is 0 Å². The molecule has 0 saturated carbocycles. The fourth-order valence-corrected chi connectivity index (χ4v) is 3.91. The smallest absolute Gasteiger partial charge is 0.290 e. The Labute approximate surface area is 176 Å². The fourth-order valence-electron chi connectivity index (χ4n) is 3.91. The maximum absolute atomic E-state index is 13.7. The molecule has 0 aliphatic carbocycles. The van der Waals surface area contributed by atoms with Gasteiger partial charge in [0.1, 0.15) is 11.4 Å². The molecule has 0 unspecified atom stereocenters. The maximum Gasteiger partial charge on any atom is 0.290 e. The van der Waals surface area contributed by atoms with Gasteiger partial charge in [0.15, 0.2) is 5.76 Å². The summed E-state index contributed by atoms with van der Waals surface area (Å²) < 4.78 is 25.3. The molecular weight excluding hydrogens is 383 g/mol.